The maximum atomic E-state index is 12.5. The summed E-state index contributed by atoms with van der Waals surface area (Å²) in [4.78, 5) is 14.5. The number of piperidine rings is 1. The summed E-state index contributed by atoms with van der Waals surface area (Å²) in [5, 5.41) is 9.89. The van der Waals surface area contributed by atoms with Crippen LogP contribution in [-0.4, -0.2) is 29.0 Å². The quantitative estimate of drug-likeness (QED) is 0.850. The number of hydrogen-bond donors (Lipinski definition) is 1. The Bertz CT molecular complexity index is 508. The third-order valence-corrected chi connectivity index (χ3v) is 5.16. The van der Waals surface area contributed by atoms with E-state index in [1.54, 1.807) is 12.1 Å². The number of aryl methyl sites for hydroxylation is 1. The second-order valence-corrected chi connectivity index (χ2v) is 6.52. The normalized spacial score (nSPS) is 21.4. The standard InChI is InChI=1S/C17H23NO2/c1-13-4-5-15(19)14(12-13)16(20)18-10-8-17(9-11-18)6-2-3-7-17/h4-5,12,19H,2-3,6-11H2,1H3. The molecule has 1 spiro atoms. The molecule has 20 heavy (non-hydrogen) atoms. The van der Waals surface area contributed by atoms with E-state index < -0.39 is 0 Å². The number of likely N-dealkylation sites (tertiary alicyclic amines) is 1. The second kappa shape index (κ2) is 5.12. The lowest BCUT2D eigenvalue weighted by Crippen LogP contribution is -2.42. The van der Waals surface area contributed by atoms with E-state index in [1.807, 2.05) is 17.9 Å². The van der Waals surface area contributed by atoms with Gasteiger partial charge in [0, 0.05) is 13.1 Å². The van der Waals surface area contributed by atoms with Crippen LogP contribution in [-0.2, 0) is 0 Å². The number of carbonyl (C=O) groups is 1. The minimum absolute atomic E-state index is 0.0148. The van der Waals surface area contributed by atoms with E-state index in [4.69, 9.17) is 0 Å². The topological polar surface area (TPSA) is 40.5 Å². The number of hydrogen-bond acceptors (Lipinski definition) is 2. The van der Waals surface area contributed by atoms with E-state index in [-0.39, 0.29) is 11.7 Å². The molecule has 1 saturated carbocycles. The van der Waals surface area contributed by atoms with Crippen molar-refractivity contribution < 1.29 is 9.90 Å². The molecule has 0 bridgehead atoms. The van der Waals surface area contributed by atoms with Crippen molar-refractivity contribution >= 4 is 5.91 Å². The van der Waals surface area contributed by atoms with Gasteiger partial charge in [-0.05, 0) is 50.2 Å². The first-order valence-electron chi connectivity index (χ1n) is 7.69. The molecule has 1 aliphatic heterocycles. The highest BCUT2D eigenvalue weighted by Crippen LogP contribution is 2.46. The summed E-state index contributed by atoms with van der Waals surface area (Å²) in [6, 6.07) is 5.23. The Morgan fingerprint density at radius 3 is 2.45 bits per heavy atom. The van der Waals surface area contributed by atoms with Gasteiger partial charge in [0.25, 0.3) is 5.91 Å². The SMILES string of the molecule is Cc1ccc(O)c(C(=O)N2CCC3(CCCC3)CC2)c1. The van der Waals surface area contributed by atoms with Crippen LogP contribution in [0.25, 0.3) is 0 Å². The summed E-state index contributed by atoms with van der Waals surface area (Å²) in [6.07, 6.45) is 7.64. The third-order valence-electron chi connectivity index (χ3n) is 5.16. The molecule has 3 heteroatoms. The summed E-state index contributed by atoms with van der Waals surface area (Å²) >= 11 is 0. The first kappa shape index (κ1) is 13.5. The van der Waals surface area contributed by atoms with Gasteiger partial charge >= 0.3 is 0 Å². The van der Waals surface area contributed by atoms with Crippen LogP contribution in [0, 0.1) is 12.3 Å². The van der Waals surface area contributed by atoms with Crippen molar-refractivity contribution in [3.63, 3.8) is 0 Å². The first-order valence-corrected chi connectivity index (χ1v) is 7.69. The van der Waals surface area contributed by atoms with E-state index in [1.165, 1.54) is 25.7 Å². The molecule has 1 amide bonds. The van der Waals surface area contributed by atoms with Crippen molar-refractivity contribution in [1.82, 2.24) is 4.90 Å². The van der Waals surface area contributed by atoms with Crippen LogP contribution in [0.5, 0.6) is 5.75 Å². The lowest BCUT2D eigenvalue weighted by molar-refractivity contribution is 0.0584. The van der Waals surface area contributed by atoms with Crippen LogP contribution in [0.15, 0.2) is 18.2 Å². The summed E-state index contributed by atoms with van der Waals surface area (Å²) in [7, 11) is 0. The van der Waals surface area contributed by atoms with Crippen LogP contribution in [0.2, 0.25) is 0 Å². The highest BCUT2D eigenvalue weighted by atomic mass is 16.3. The first-order chi connectivity index (χ1) is 9.60. The van der Waals surface area contributed by atoms with Gasteiger partial charge in [-0.15, -0.1) is 0 Å². The molecule has 0 aromatic heterocycles. The molecule has 0 atom stereocenters. The van der Waals surface area contributed by atoms with Crippen LogP contribution in [0.1, 0.15) is 54.4 Å². The van der Waals surface area contributed by atoms with Crippen LogP contribution in [0.3, 0.4) is 0 Å². The zero-order valence-corrected chi connectivity index (χ0v) is 12.2. The predicted octanol–water partition coefficient (Wildman–Crippen LogP) is 3.50. The maximum absolute atomic E-state index is 12.5. The molecule has 1 aromatic carbocycles. The van der Waals surface area contributed by atoms with Crippen molar-refractivity contribution in [3.8, 4) is 5.75 Å². The number of amides is 1. The molecule has 1 aromatic rings. The fourth-order valence-electron chi connectivity index (χ4n) is 3.80. The maximum Gasteiger partial charge on any atom is 0.257 e. The fourth-order valence-corrected chi connectivity index (χ4v) is 3.80. The predicted molar refractivity (Wildman–Crippen MR) is 78.9 cm³/mol. The van der Waals surface area contributed by atoms with Crippen molar-refractivity contribution in [2.24, 2.45) is 5.41 Å². The van der Waals surface area contributed by atoms with E-state index in [0.29, 0.717) is 11.0 Å². The van der Waals surface area contributed by atoms with Gasteiger partial charge in [-0.1, -0.05) is 24.5 Å². The molecule has 108 valence electrons. The van der Waals surface area contributed by atoms with Gasteiger partial charge in [0.15, 0.2) is 0 Å². The number of carbonyl (C=O) groups excluding carboxylic acids is 1. The van der Waals surface area contributed by atoms with Crippen LogP contribution < -0.4 is 0 Å². The average molecular weight is 273 g/mol. The summed E-state index contributed by atoms with van der Waals surface area (Å²) in [6.45, 7) is 3.62. The Labute approximate surface area is 120 Å². The van der Waals surface area contributed by atoms with E-state index in [2.05, 4.69) is 0 Å². The van der Waals surface area contributed by atoms with Gasteiger partial charge in [0.1, 0.15) is 5.75 Å². The second-order valence-electron chi connectivity index (χ2n) is 6.52. The minimum atomic E-state index is -0.0148. The van der Waals surface area contributed by atoms with Crippen LogP contribution >= 0.6 is 0 Å². The Morgan fingerprint density at radius 1 is 1.15 bits per heavy atom. The summed E-state index contributed by atoms with van der Waals surface area (Å²) in [5.41, 5.74) is 1.98. The van der Waals surface area contributed by atoms with Gasteiger partial charge in [0.05, 0.1) is 5.56 Å². The molecular formula is C17H23NO2. The van der Waals surface area contributed by atoms with E-state index in [0.717, 1.165) is 31.5 Å². The largest absolute Gasteiger partial charge is 0.507 e. The van der Waals surface area contributed by atoms with Gasteiger partial charge in [-0.2, -0.15) is 0 Å². The number of aromatic hydroxyl groups is 1. The van der Waals surface area contributed by atoms with Crippen molar-refractivity contribution in [2.75, 3.05) is 13.1 Å². The van der Waals surface area contributed by atoms with Crippen molar-refractivity contribution in [1.29, 1.82) is 0 Å². The fraction of sp³-hybridized carbons (Fsp3) is 0.588. The Balaban J connectivity index is 1.71. The molecule has 1 N–H and O–H groups in total. The molecule has 1 saturated heterocycles. The molecule has 0 unspecified atom stereocenters. The highest BCUT2D eigenvalue weighted by molar-refractivity contribution is 5.97. The van der Waals surface area contributed by atoms with Crippen molar-refractivity contribution in [3.05, 3.63) is 29.3 Å². The Hall–Kier alpha value is -1.51. The zero-order chi connectivity index (χ0) is 14.2. The Kier molecular flexibility index (Phi) is 3.45. The molecule has 2 fully saturated rings. The number of rotatable bonds is 1. The van der Waals surface area contributed by atoms with Gasteiger partial charge in [-0.3, -0.25) is 4.79 Å². The van der Waals surface area contributed by atoms with Gasteiger partial charge in [-0.25, -0.2) is 0 Å². The van der Waals surface area contributed by atoms with Gasteiger partial charge in [0.2, 0.25) is 0 Å². The number of phenols is 1. The lowest BCUT2D eigenvalue weighted by Gasteiger charge is -2.39. The lowest BCUT2D eigenvalue weighted by atomic mass is 9.77. The minimum Gasteiger partial charge on any atom is -0.507 e. The molecule has 3 rings (SSSR count). The molecular weight excluding hydrogens is 250 g/mol. The molecule has 3 nitrogen and oxygen atoms in total. The highest BCUT2D eigenvalue weighted by Gasteiger charge is 2.38. The van der Waals surface area contributed by atoms with E-state index in [9.17, 15) is 9.90 Å². The molecule has 1 heterocycles. The van der Waals surface area contributed by atoms with Gasteiger partial charge < -0.3 is 10.0 Å². The third kappa shape index (κ3) is 2.41. The summed E-state index contributed by atoms with van der Waals surface area (Å²) in [5.74, 6) is 0.0841. The number of benzene rings is 1. The Morgan fingerprint density at radius 2 is 1.80 bits per heavy atom. The van der Waals surface area contributed by atoms with E-state index >= 15 is 0 Å². The number of phenolic OH excluding ortho intramolecular Hbond substituents is 1. The number of nitrogens with zero attached hydrogens (tertiary/aromatic N) is 1. The smallest absolute Gasteiger partial charge is 0.257 e. The average Bonchev–Trinajstić information content (AvgIpc) is 2.90. The molecule has 1 aliphatic carbocycles. The monoisotopic (exact) mass is 273 g/mol. The molecule has 0 radical (unpaired) electrons. The van der Waals surface area contributed by atoms with Crippen LogP contribution in [0.4, 0.5) is 0 Å². The zero-order valence-electron chi connectivity index (χ0n) is 12.2. The van der Waals surface area contributed by atoms with Crippen molar-refractivity contribution in [2.45, 2.75) is 45.4 Å². The molecule has 2 aliphatic rings. The summed E-state index contributed by atoms with van der Waals surface area (Å²) < 4.78 is 0.